The fourth-order valence-corrected chi connectivity index (χ4v) is 4.99. The van der Waals surface area contributed by atoms with E-state index >= 15 is 0 Å². The van der Waals surface area contributed by atoms with Gasteiger partial charge in [-0.1, -0.05) is 11.6 Å². The van der Waals surface area contributed by atoms with Crippen LogP contribution in [0.5, 0.6) is 0 Å². The molecule has 3 fully saturated rings. The molecule has 5 aliphatic rings. The molecule has 0 radical (unpaired) electrons. The summed E-state index contributed by atoms with van der Waals surface area (Å²) in [7, 11) is 0. The number of rotatable bonds is 0. The second-order valence-electron chi connectivity index (χ2n) is 6.30. The Kier molecular flexibility index (Phi) is 2.91. The van der Waals surface area contributed by atoms with Crippen molar-refractivity contribution in [3.8, 4) is 0 Å². The SMILES string of the molecule is FC1=C(Cl)C2C3C(C1C1C2C(F)(F)OC1(F)F)C(F)(F)OC3(F)F. The molecule has 2 aliphatic heterocycles. The lowest BCUT2D eigenvalue weighted by molar-refractivity contribution is -0.353. The molecule has 0 aromatic rings. The van der Waals surface area contributed by atoms with Crippen molar-refractivity contribution < 1.29 is 49.0 Å². The molecule has 0 N–H and O–H groups in total. The Labute approximate surface area is 132 Å². The molecule has 12 heteroatoms. The molecule has 24 heavy (non-hydrogen) atoms. The summed E-state index contributed by atoms with van der Waals surface area (Å²) in [6, 6.07) is 0. The smallest absolute Gasteiger partial charge is 0.255 e. The highest BCUT2D eigenvalue weighted by Crippen LogP contribution is 2.75. The van der Waals surface area contributed by atoms with Crippen LogP contribution in [0.25, 0.3) is 0 Å². The van der Waals surface area contributed by atoms with Crippen LogP contribution in [0.3, 0.4) is 0 Å². The third kappa shape index (κ3) is 1.73. The minimum absolute atomic E-state index is 1.19. The highest BCUT2D eigenvalue weighted by atomic mass is 35.5. The lowest BCUT2D eigenvalue weighted by atomic mass is 9.52. The Morgan fingerprint density at radius 3 is 1.25 bits per heavy atom. The quantitative estimate of drug-likeness (QED) is 0.566. The lowest BCUT2D eigenvalue weighted by Gasteiger charge is -2.50. The molecule has 2 saturated heterocycles. The van der Waals surface area contributed by atoms with E-state index in [0.29, 0.717) is 0 Å². The van der Waals surface area contributed by atoms with Crippen molar-refractivity contribution in [2.45, 2.75) is 24.4 Å². The summed E-state index contributed by atoms with van der Waals surface area (Å²) >= 11 is 5.47. The fourth-order valence-electron chi connectivity index (χ4n) is 4.60. The van der Waals surface area contributed by atoms with E-state index in [1.165, 1.54) is 0 Å². The Morgan fingerprint density at radius 2 is 0.917 bits per heavy atom. The molecule has 4 unspecified atom stereocenters. The first-order chi connectivity index (χ1) is 10.7. The maximum absolute atomic E-state index is 14.2. The van der Waals surface area contributed by atoms with Crippen molar-refractivity contribution in [2.75, 3.05) is 0 Å². The van der Waals surface area contributed by atoms with Gasteiger partial charge in [0.25, 0.3) is 0 Å². The van der Waals surface area contributed by atoms with Crippen LogP contribution in [0.2, 0.25) is 0 Å². The number of hydrogen-bond acceptors (Lipinski definition) is 2. The van der Waals surface area contributed by atoms with Gasteiger partial charge in [0.05, 0.1) is 28.7 Å². The van der Waals surface area contributed by atoms with Crippen LogP contribution >= 0.6 is 11.6 Å². The average molecular weight is 389 g/mol. The van der Waals surface area contributed by atoms with Gasteiger partial charge >= 0.3 is 24.4 Å². The zero-order valence-corrected chi connectivity index (χ0v) is 11.8. The van der Waals surface area contributed by atoms with Crippen molar-refractivity contribution in [2.24, 2.45) is 35.5 Å². The topological polar surface area (TPSA) is 18.5 Å². The summed E-state index contributed by atoms with van der Waals surface area (Å²) in [5.74, 6) is -17.8. The molecule has 0 amide bonds. The monoisotopic (exact) mass is 388 g/mol. The second kappa shape index (κ2) is 4.17. The van der Waals surface area contributed by atoms with E-state index < -0.39 is 70.8 Å². The Morgan fingerprint density at radius 1 is 0.625 bits per heavy atom. The molecule has 2 heterocycles. The molecule has 5 rings (SSSR count). The van der Waals surface area contributed by atoms with E-state index in [4.69, 9.17) is 11.6 Å². The first kappa shape index (κ1) is 16.8. The van der Waals surface area contributed by atoms with Gasteiger partial charge in [-0.25, -0.2) is 4.39 Å². The van der Waals surface area contributed by atoms with Crippen LogP contribution in [0.4, 0.5) is 39.5 Å². The van der Waals surface area contributed by atoms with E-state index in [0.717, 1.165) is 0 Å². The summed E-state index contributed by atoms with van der Waals surface area (Å²) in [4.78, 5) is 0. The van der Waals surface area contributed by atoms with Crippen molar-refractivity contribution in [1.82, 2.24) is 0 Å². The van der Waals surface area contributed by atoms with Crippen LogP contribution in [-0.2, 0) is 9.47 Å². The van der Waals surface area contributed by atoms with Gasteiger partial charge in [-0.05, 0) is 0 Å². The van der Waals surface area contributed by atoms with Crippen molar-refractivity contribution in [1.29, 1.82) is 0 Å². The summed E-state index contributed by atoms with van der Waals surface area (Å²) in [5, 5.41) is -1.19. The molecular formula is C12H6ClF9O2. The van der Waals surface area contributed by atoms with Crippen LogP contribution in [0.1, 0.15) is 0 Å². The van der Waals surface area contributed by atoms with Crippen LogP contribution in [0.15, 0.2) is 10.9 Å². The van der Waals surface area contributed by atoms with E-state index in [2.05, 4.69) is 9.47 Å². The third-order valence-corrected chi connectivity index (χ3v) is 5.66. The highest BCUT2D eigenvalue weighted by Gasteiger charge is 2.85. The van der Waals surface area contributed by atoms with Crippen molar-refractivity contribution in [3.05, 3.63) is 10.9 Å². The van der Waals surface area contributed by atoms with Crippen LogP contribution in [-0.4, -0.2) is 24.4 Å². The van der Waals surface area contributed by atoms with Gasteiger partial charge in [0.2, 0.25) is 0 Å². The summed E-state index contributed by atoms with van der Waals surface area (Å²) in [6.45, 7) is 0. The standard InChI is InChI=1S/C12H6ClF9O2/c13-7-1-3-5(11(19,20)23-9(3,15)16)2(8(7)14)6-4(1)10(17,18)24-12(6,21)22/h1-6H. The van der Waals surface area contributed by atoms with Gasteiger partial charge in [0, 0.05) is 11.8 Å². The van der Waals surface area contributed by atoms with Gasteiger partial charge < -0.3 is 0 Å². The van der Waals surface area contributed by atoms with E-state index in [1.807, 2.05) is 0 Å². The molecule has 2 nitrogen and oxygen atoms in total. The summed E-state index contributed by atoms with van der Waals surface area (Å²) in [6.07, 6.45) is -18.7. The molecule has 1 saturated carbocycles. The minimum Gasteiger partial charge on any atom is -0.255 e. The number of allylic oxidation sites excluding steroid dienone is 2. The normalized spacial score (nSPS) is 49.2. The molecule has 0 aromatic heterocycles. The minimum atomic E-state index is -4.69. The lowest BCUT2D eigenvalue weighted by Crippen LogP contribution is -2.58. The predicted octanol–water partition coefficient (Wildman–Crippen LogP) is 4.56. The zero-order chi connectivity index (χ0) is 18.0. The van der Waals surface area contributed by atoms with Crippen LogP contribution < -0.4 is 0 Å². The van der Waals surface area contributed by atoms with Crippen LogP contribution in [0, 0.1) is 35.5 Å². The zero-order valence-electron chi connectivity index (χ0n) is 11.1. The third-order valence-electron chi connectivity index (χ3n) is 5.23. The molecule has 0 aromatic carbocycles. The van der Waals surface area contributed by atoms with Crippen molar-refractivity contribution in [3.63, 3.8) is 0 Å². The number of ether oxygens (including phenoxy) is 2. The fraction of sp³-hybridized carbons (Fsp3) is 0.833. The Bertz CT molecular complexity index is 554. The highest BCUT2D eigenvalue weighted by molar-refractivity contribution is 6.30. The van der Waals surface area contributed by atoms with E-state index in [1.54, 1.807) is 0 Å². The first-order valence-electron chi connectivity index (χ1n) is 6.69. The largest absolute Gasteiger partial charge is 0.364 e. The predicted molar refractivity (Wildman–Crippen MR) is 56.9 cm³/mol. The van der Waals surface area contributed by atoms with E-state index in [9.17, 15) is 39.5 Å². The number of hydrogen-bond donors (Lipinski definition) is 0. The van der Waals surface area contributed by atoms with Gasteiger partial charge in [0.1, 0.15) is 5.83 Å². The molecule has 2 bridgehead atoms. The van der Waals surface area contributed by atoms with Gasteiger partial charge in [-0.3, -0.25) is 9.47 Å². The Hall–Kier alpha value is -0.680. The number of alkyl halides is 8. The van der Waals surface area contributed by atoms with Gasteiger partial charge in [0.15, 0.2) is 0 Å². The molecular weight excluding hydrogens is 383 g/mol. The summed E-state index contributed by atoms with van der Waals surface area (Å²) in [5.41, 5.74) is 0. The number of halogens is 10. The average Bonchev–Trinajstić information content (AvgIpc) is 2.70. The molecule has 3 aliphatic carbocycles. The first-order valence-corrected chi connectivity index (χ1v) is 7.07. The van der Waals surface area contributed by atoms with Gasteiger partial charge in [-0.2, -0.15) is 35.1 Å². The molecule has 0 spiro atoms. The second-order valence-corrected chi connectivity index (χ2v) is 6.71. The maximum Gasteiger partial charge on any atom is 0.364 e. The maximum atomic E-state index is 14.2. The van der Waals surface area contributed by atoms with Gasteiger partial charge in [-0.15, -0.1) is 0 Å². The molecule has 4 atom stereocenters. The van der Waals surface area contributed by atoms with Crippen molar-refractivity contribution >= 4 is 11.6 Å². The Balaban J connectivity index is 1.97. The molecule has 136 valence electrons. The van der Waals surface area contributed by atoms with E-state index in [-0.39, 0.29) is 0 Å². The summed E-state index contributed by atoms with van der Waals surface area (Å²) < 4.78 is 132.